The lowest BCUT2D eigenvalue weighted by Gasteiger charge is -2.13. The quantitative estimate of drug-likeness (QED) is 0.163. The van der Waals surface area contributed by atoms with Gasteiger partial charge in [0.1, 0.15) is 0 Å². The minimum atomic E-state index is 0.685. The van der Waals surface area contributed by atoms with E-state index in [-0.39, 0.29) is 0 Å². The molecule has 0 unspecified atom stereocenters. The zero-order valence-electron chi connectivity index (χ0n) is 29.4. The van der Waals surface area contributed by atoms with Gasteiger partial charge in [-0.05, 0) is 96.0 Å². The Balaban J connectivity index is 1.09. The Hall–Kier alpha value is -7.23. The fraction of sp³-hybridized carbons (Fsp3) is 0. The van der Waals surface area contributed by atoms with Crippen molar-refractivity contribution in [3.05, 3.63) is 200 Å². The van der Waals surface area contributed by atoms with Crippen molar-refractivity contribution >= 4 is 32.3 Å². The highest BCUT2D eigenvalue weighted by molar-refractivity contribution is 6.13. The van der Waals surface area contributed by atoms with Crippen LogP contribution in [-0.2, 0) is 0 Å². The molecule has 0 saturated carbocycles. The van der Waals surface area contributed by atoms with Crippen LogP contribution in [0.2, 0.25) is 0 Å². The van der Waals surface area contributed by atoms with Crippen molar-refractivity contribution in [3.8, 4) is 67.3 Å². The zero-order valence-corrected chi connectivity index (χ0v) is 29.4. The molecule has 0 bridgehead atoms. The summed E-state index contributed by atoms with van der Waals surface area (Å²) in [6, 6.07) is 66.8. The Morgan fingerprint density at radius 2 is 0.870 bits per heavy atom. The summed E-state index contributed by atoms with van der Waals surface area (Å²) in [5.41, 5.74) is 11.6. The second-order valence-corrected chi connectivity index (χ2v) is 13.7. The second-order valence-electron chi connectivity index (χ2n) is 13.7. The average molecular weight is 688 g/mol. The van der Waals surface area contributed by atoms with Crippen molar-refractivity contribution in [2.75, 3.05) is 0 Å². The van der Waals surface area contributed by atoms with Gasteiger partial charge in [0.15, 0.2) is 5.82 Å². The van der Waals surface area contributed by atoms with Gasteiger partial charge in [-0.25, -0.2) is 9.97 Å². The Morgan fingerprint density at radius 3 is 1.59 bits per heavy atom. The summed E-state index contributed by atoms with van der Waals surface area (Å²) in [6.45, 7) is 0. The average Bonchev–Trinajstić information content (AvgIpc) is 3.26. The van der Waals surface area contributed by atoms with Crippen molar-refractivity contribution in [1.29, 1.82) is 0 Å². The first kappa shape index (κ1) is 31.5. The normalized spacial score (nSPS) is 11.3. The molecule has 3 heteroatoms. The summed E-state index contributed by atoms with van der Waals surface area (Å²) < 4.78 is 0. The molecular weight excluding hydrogens is 655 g/mol. The maximum atomic E-state index is 5.24. The number of pyridine rings is 1. The number of fused-ring (bicyclic) bond motifs is 4. The third-order valence-electron chi connectivity index (χ3n) is 10.4. The highest BCUT2D eigenvalue weighted by atomic mass is 14.9. The van der Waals surface area contributed by atoms with Crippen molar-refractivity contribution in [2.24, 2.45) is 0 Å². The van der Waals surface area contributed by atoms with Gasteiger partial charge in [-0.3, -0.25) is 4.98 Å². The third kappa shape index (κ3) is 5.88. The molecule has 0 spiro atoms. The maximum absolute atomic E-state index is 5.24. The molecular formula is C51H33N3. The standard InChI is InChI=1S/C51H33N3/c1-2-10-39-29-40(27-22-34(39)9-1)35-18-23-37(24-19-35)49-32-50(38-25-20-36(21-26-38)44-14-8-28-52-33-44)54-51(53-49)43-13-7-12-41(30-43)48-31-42-11-3-4-15-45(42)46-16-5-6-17-47(46)48/h1-33H. The maximum Gasteiger partial charge on any atom is 0.160 e. The van der Waals surface area contributed by atoms with Gasteiger partial charge in [0.05, 0.1) is 11.4 Å². The van der Waals surface area contributed by atoms with Crippen LogP contribution in [-0.4, -0.2) is 15.0 Å². The fourth-order valence-electron chi connectivity index (χ4n) is 7.56. The molecule has 10 rings (SSSR count). The van der Waals surface area contributed by atoms with E-state index in [2.05, 4.69) is 187 Å². The van der Waals surface area contributed by atoms with E-state index in [1.807, 2.05) is 12.3 Å². The molecule has 10 aromatic rings. The van der Waals surface area contributed by atoms with Gasteiger partial charge >= 0.3 is 0 Å². The Morgan fingerprint density at radius 1 is 0.296 bits per heavy atom. The van der Waals surface area contributed by atoms with Gasteiger partial charge in [-0.2, -0.15) is 0 Å². The van der Waals surface area contributed by atoms with E-state index < -0.39 is 0 Å². The van der Waals surface area contributed by atoms with Crippen LogP contribution >= 0.6 is 0 Å². The fourth-order valence-corrected chi connectivity index (χ4v) is 7.56. The van der Waals surface area contributed by atoms with Gasteiger partial charge in [-0.15, -0.1) is 0 Å². The molecule has 54 heavy (non-hydrogen) atoms. The highest BCUT2D eigenvalue weighted by Gasteiger charge is 2.14. The molecule has 3 nitrogen and oxygen atoms in total. The summed E-state index contributed by atoms with van der Waals surface area (Å²) >= 11 is 0. The van der Waals surface area contributed by atoms with Crippen molar-refractivity contribution in [1.82, 2.24) is 15.0 Å². The van der Waals surface area contributed by atoms with Crippen LogP contribution in [0, 0.1) is 0 Å². The molecule has 0 fully saturated rings. The van der Waals surface area contributed by atoms with E-state index in [1.54, 1.807) is 6.20 Å². The number of benzene rings is 8. The summed E-state index contributed by atoms with van der Waals surface area (Å²) in [5, 5.41) is 7.43. The number of aromatic nitrogens is 3. The molecule has 0 N–H and O–H groups in total. The van der Waals surface area contributed by atoms with Crippen LogP contribution in [0.15, 0.2) is 200 Å². The summed E-state index contributed by atoms with van der Waals surface area (Å²) in [5.74, 6) is 0.685. The van der Waals surface area contributed by atoms with E-state index in [0.717, 1.165) is 44.8 Å². The number of rotatable bonds is 6. The Labute approximate surface area is 313 Å². The number of hydrogen-bond donors (Lipinski definition) is 0. The van der Waals surface area contributed by atoms with E-state index >= 15 is 0 Å². The number of nitrogens with zero attached hydrogens (tertiary/aromatic N) is 3. The zero-order chi connectivity index (χ0) is 35.8. The van der Waals surface area contributed by atoms with Crippen LogP contribution in [0.5, 0.6) is 0 Å². The van der Waals surface area contributed by atoms with Crippen molar-refractivity contribution < 1.29 is 0 Å². The highest BCUT2D eigenvalue weighted by Crippen LogP contribution is 2.37. The van der Waals surface area contributed by atoms with Gasteiger partial charge in [0.2, 0.25) is 0 Å². The number of hydrogen-bond acceptors (Lipinski definition) is 3. The first-order valence-electron chi connectivity index (χ1n) is 18.2. The topological polar surface area (TPSA) is 38.7 Å². The van der Waals surface area contributed by atoms with Gasteiger partial charge in [0, 0.05) is 29.1 Å². The van der Waals surface area contributed by atoms with E-state index in [4.69, 9.17) is 9.97 Å². The molecule has 0 aliphatic rings. The molecule has 0 radical (unpaired) electrons. The van der Waals surface area contributed by atoms with Gasteiger partial charge < -0.3 is 0 Å². The minimum absolute atomic E-state index is 0.685. The van der Waals surface area contributed by atoms with E-state index in [9.17, 15) is 0 Å². The second kappa shape index (κ2) is 13.4. The van der Waals surface area contributed by atoms with Gasteiger partial charge in [-0.1, -0.05) is 158 Å². The van der Waals surface area contributed by atoms with Crippen LogP contribution in [0.3, 0.4) is 0 Å². The molecule has 8 aromatic carbocycles. The molecule has 252 valence electrons. The first-order valence-corrected chi connectivity index (χ1v) is 18.2. The molecule has 0 atom stereocenters. The lowest BCUT2D eigenvalue weighted by Crippen LogP contribution is -1.96. The van der Waals surface area contributed by atoms with Crippen molar-refractivity contribution in [2.45, 2.75) is 0 Å². The summed E-state index contributed by atoms with van der Waals surface area (Å²) in [6.07, 6.45) is 3.69. The van der Waals surface area contributed by atoms with E-state index in [1.165, 1.54) is 49.0 Å². The molecule has 0 aliphatic heterocycles. The SMILES string of the molecule is c1cncc(-c2ccc(-c3cc(-c4ccc(-c5ccc6ccccc6c5)cc4)nc(-c4cccc(-c5cc6ccccc6c6ccccc56)c4)n3)cc2)c1. The minimum Gasteiger partial charge on any atom is -0.264 e. The summed E-state index contributed by atoms with van der Waals surface area (Å²) in [7, 11) is 0. The summed E-state index contributed by atoms with van der Waals surface area (Å²) in [4.78, 5) is 14.8. The smallest absolute Gasteiger partial charge is 0.160 e. The van der Waals surface area contributed by atoms with Crippen LogP contribution in [0.1, 0.15) is 0 Å². The van der Waals surface area contributed by atoms with E-state index in [0.29, 0.717) is 5.82 Å². The lowest BCUT2D eigenvalue weighted by atomic mass is 9.92. The predicted molar refractivity (Wildman–Crippen MR) is 225 cm³/mol. The molecule has 2 heterocycles. The Bertz CT molecular complexity index is 2970. The molecule has 0 aliphatic carbocycles. The first-order chi connectivity index (χ1) is 26.7. The molecule has 0 amide bonds. The third-order valence-corrected chi connectivity index (χ3v) is 10.4. The van der Waals surface area contributed by atoms with Crippen LogP contribution in [0.25, 0.3) is 99.6 Å². The lowest BCUT2D eigenvalue weighted by molar-refractivity contribution is 1.18. The van der Waals surface area contributed by atoms with Crippen LogP contribution < -0.4 is 0 Å². The monoisotopic (exact) mass is 687 g/mol. The molecule has 2 aromatic heterocycles. The predicted octanol–water partition coefficient (Wildman–Crippen LogP) is 13.3. The van der Waals surface area contributed by atoms with Crippen molar-refractivity contribution in [3.63, 3.8) is 0 Å². The van der Waals surface area contributed by atoms with Gasteiger partial charge in [0.25, 0.3) is 0 Å². The van der Waals surface area contributed by atoms with Crippen LogP contribution in [0.4, 0.5) is 0 Å². The molecule has 0 saturated heterocycles. The Kier molecular flexibility index (Phi) is 7.81. The largest absolute Gasteiger partial charge is 0.264 e.